The number of thioether (sulfide) groups is 1. The van der Waals surface area contributed by atoms with E-state index < -0.39 is 0 Å². The van der Waals surface area contributed by atoms with E-state index in [0.29, 0.717) is 5.16 Å². The molecule has 0 bridgehead atoms. The van der Waals surface area contributed by atoms with Crippen molar-refractivity contribution in [3.63, 3.8) is 0 Å². The molecule has 1 aromatic heterocycles. The number of nitrogens with zero attached hydrogens (tertiary/aromatic N) is 4. The molecule has 6 nitrogen and oxygen atoms in total. The molecule has 0 unspecified atom stereocenters. The third-order valence-electron chi connectivity index (χ3n) is 5.37. The van der Waals surface area contributed by atoms with Crippen molar-refractivity contribution in [1.82, 2.24) is 25.5 Å². The number of hydrogen-bond donors (Lipinski definition) is 1. The van der Waals surface area contributed by atoms with Gasteiger partial charge in [-0.15, -0.1) is 5.10 Å². The van der Waals surface area contributed by atoms with Gasteiger partial charge >= 0.3 is 0 Å². The fraction of sp³-hybridized carbons (Fsp3) is 0.364. The zero-order valence-corrected chi connectivity index (χ0v) is 17.6. The van der Waals surface area contributed by atoms with Gasteiger partial charge < -0.3 is 5.32 Å². The lowest BCUT2D eigenvalue weighted by molar-refractivity contribution is -0.119. The lowest BCUT2D eigenvalue weighted by Gasteiger charge is -2.20. The highest BCUT2D eigenvalue weighted by Gasteiger charge is 2.16. The van der Waals surface area contributed by atoms with Crippen molar-refractivity contribution in [2.24, 2.45) is 0 Å². The number of amides is 1. The molecule has 2 aromatic carbocycles. The number of carbonyl (C=O) groups excluding carboxylic acids is 1. The smallest absolute Gasteiger partial charge is 0.230 e. The quantitative estimate of drug-likeness (QED) is 0.629. The van der Waals surface area contributed by atoms with Crippen molar-refractivity contribution in [2.45, 2.75) is 50.7 Å². The third kappa shape index (κ3) is 4.50. The van der Waals surface area contributed by atoms with Crippen LogP contribution in [0.25, 0.3) is 5.69 Å². The Hall–Kier alpha value is -2.67. The Kier molecular flexibility index (Phi) is 5.94. The molecule has 0 saturated carbocycles. The predicted molar refractivity (Wildman–Crippen MR) is 114 cm³/mol. The molecular formula is C22H25N5OS. The Morgan fingerprint density at radius 3 is 2.79 bits per heavy atom. The first-order chi connectivity index (χ1) is 14.1. The highest BCUT2D eigenvalue weighted by atomic mass is 32.2. The van der Waals surface area contributed by atoms with Crippen LogP contribution in [0.4, 0.5) is 0 Å². The maximum atomic E-state index is 12.5. The lowest BCUT2D eigenvalue weighted by Crippen LogP contribution is -2.28. The summed E-state index contributed by atoms with van der Waals surface area (Å²) in [7, 11) is 0. The normalized spacial score (nSPS) is 14.3. The largest absolute Gasteiger partial charge is 0.349 e. The summed E-state index contributed by atoms with van der Waals surface area (Å²) in [6.45, 7) is 4.04. The molecular weight excluding hydrogens is 382 g/mol. The molecule has 0 fully saturated rings. The van der Waals surface area contributed by atoms with Crippen LogP contribution in [-0.4, -0.2) is 31.9 Å². The lowest BCUT2D eigenvalue weighted by atomic mass is 9.89. The Morgan fingerprint density at radius 1 is 1.17 bits per heavy atom. The van der Waals surface area contributed by atoms with Gasteiger partial charge in [-0.3, -0.25) is 4.79 Å². The van der Waals surface area contributed by atoms with Crippen LogP contribution in [0.1, 0.15) is 48.1 Å². The van der Waals surface area contributed by atoms with Gasteiger partial charge in [-0.05, 0) is 78.3 Å². The first-order valence-electron chi connectivity index (χ1n) is 10.00. The number of carbonyl (C=O) groups is 1. The van der Waals surface area contributed by atoms with E-state index in [9.17, 15) is 4.79 Å². The Balaban J connectivity index is 1.38. The van der Waals surface area contributed by atoms with E-state index in [4.69, 9.17) is 0 Å². The van der Waals surface area contributed by atoms with E-state index in [1.54, 1.807) is 4.68 Å². The van der Waals surface area contributed by atoms with Crippen LogP contribution in [0.3, 0.4) is 0 Å². The molecule has 1 N–H and O–H groups in total. The fourth-order valence-corrected chi connectivity index (χ4v) is 4.44. The summed E-state index contributed by atoms with van der Waals surface area (Å²) >= 11 is 1.34. The second-order valence-corrected chi connectivity index (χ2v) is 8.42. The molecule has 1 aliphatic carbocycles. The predicted octanol–water partition coefficient (Wildman–Crippen LogP) is 3.82. The molecule has 29 heavy (non-hydrogen) atoms. The highest BCUT2D eigenvalue weighted by Crippen LogP contribution is 2.25. The maximum Gasteiger partial charge on any atom is 0.230 e. The van der Waals surface area contributed by atoms with Gasteiger partial charge in [0.15, 0.2) is 0 Å². The Labute approximate surface area is 175 Å². The van der Waals surface area contributed by atoms with Crippen LogP contribution < -0.4 is 5.32 Å². The van der Waals surface area contributed by atoms with Crippen LogP contribution >= 0.6 is 11.8 Å². The molecule has 0 radical (unpaired) electrons. The zero-order chi connectivity index (χ0) is 20.2. The average Bonchev–Trinajstić information content (AvgIpc) is 3.20. The summed E-state index contributed by atoms with van der Waals surface area (Å²) < 4.78 is 1.68. The third-order valence-corrected chi connectivity index (χ3v) is 6.29. The van der Waals surface area contributed by atoms with E-state index in [-0.39, 0.29) is 17.7 Å². The van der Waals surface area contributed by atoms with Crippen LogP contribution in [0.5, 0.6) is 0 Å². The van der Waals surface area contributed by atoms with Gasteiger partial charge in [0.1, 0.15) is 0 Å². The number of aryl methyl sites for hydroxylation is 3. The minimum absolute atomic E-state index is 0.0253. The number of nitrogens with one attached hydrogen (secondary N) is 1. The topological polar surface area (TPSA) is 72.7 Å². The monoisotopic (exact) mass is 407 g/mol. The second kappa shape index (κ2) is 8.78. The van der Waals surface area contributed by atoms with Crippen molar-refractivity contribution in [3.8, 4) is 5.69 Å². The zero-order valence-electron chi connectivity index (χ0n) is 16.8. The van der Waals surface area contributed by atoms with E-state index >= 15 is 0 Å². The SMILES string of the molecule is Cc1ccccc1-n1nnnc1SCC(=O)N[C@@H](C)c1ccc2c(c1)CCCC2. The van der Waals surface area contributed by atoms with Crippen LogP contribution in [0.2, 0.25) is 0 Å². The molecule has 1 heterocycles. The Bertz CT molecular complexity index is 1020. The fourth-order valence-electron chi connectivity index (χ4n) is 3.74. The first kappa shape index (κ1) is 19.6. The summed E-state index contributed by atoms with van der Waals surface area (Å²) in [5.74, 6) is 0.237. The number of rotatable bonds is 6. The van der Waals surface area contributed by atoms with Crippen LogP contribution in [-0.2, 0) is 17.6 Å². The summed E-state index contributed by atoms with van der Waals surface area (Å²) in [4.78, 5) is 12.5. The van der Waals surface area contributed by atoms with E-state index in [2.05, 4.69) is 39.0 Å². The molecule has 0 saturated heterocycles. The van der Waals surface area contributed by atoms with Gasteiger partial charge in [0.25, 0.3) is 0 Å². The molecule has 1 atom stereocenters. The average molecular weight is 408 g/mol. The molecule has 150 valence electrons. The van der Waals surface area contributed by atoms with Crippen molar-refractivity contribution < 1.29 is 4.79 Å². The van der Waals surface area contributed by atoms with E-state index in [1.165, 1.54) is 42.2 Å². The summed E-state index contributed by atoms with van der Waals surface area (Å²) in [6.07, 6.45) is 4.84. The van der Waals surface area contributed by atoms with Crippen molar-refractivity contribution in [1.29, 1.82) is 0 Å². The molecule has 3 aromatic rings. The molecule has 0 aliphatic heterocycles. The van der Waals surface area contributed by atoms with Gasteiger partial charge in [0, 0.05) is 0 Å². The van der Waals surface area contributed by atoms with E-state index in [0.717, 1.165) is 23.2 Å². The first-order valence-corrected chi connectivity index (χ1v) is 11.0. The summed E-state index contributed by atoms with van der Waals surface area (Å²) in [5, 5.41) is 15.6. The number of para-hydroxylation sites is 1. The number of benzene rings is 2. The molecule has 1 amide bonds. The minimum Gasteiger partial charge on any atom is -0.349 e. The van der Waals surface area contributed by atoms with Gasteiger partial charge in [-0.1, -0.05) is 48.2 Å². The maximum absolute atomic E-state index is 12.5. The molecule has 4 rings (SSSR count). The van der Waals surface area contributed by atoms with Crippen molar-refractivity contribution >= 4 is 17.7 Å². The van der Waals surface area contributed by atoms with Crippen LogP contribution in [0, 0.1) is 6.92 Å². The Morgan fingerprint density at radius 2 is 1.97 bits per heavy atom. The number of tetrazole rings is 1. The number of aromatic nitrogens is 4. The summed E-state index contributed by atoms with van der Waals surface area (Å²) in [6, 6.07) is 14.5. The molecule has 7 heteroatoms. The number of fused-ring (bicyclic) bond motifs is 1. The highest BCUT2D eigenvalue weighted by molar-refractivity contribution is 7.99. The van der Waals surface area contributed by atoms with E-state index in [1.807, 2.05) is 38.1 Å². The molecule has 1 aliphatic rings. The number of hydrogen-bond acceptors (Lipinski definition) is 5. The minimum atomic E-state index is -0.0282. The second-order valence-electron chi connectivity index (χ2n) is 7.47. The summed E-state index contributed by atoms with van der Waals surface area (Å²) in [5.41, 5.74) is 6.04. The van der Waals surface area contributed by atoms with Gasteiger partial charge in [-0.25, -0.2) is 0 Å². The van der Waals surface area contributed by atoms with Gasteiger partial charge in [0.2, 0.25) is 11.1 Å². The standard InChI is InChI=1S/C22H25N5OS/c1-15-7-3-6-10-20(15)27-22(24-25-26-27)29-14-21(28)23-16(2)18-12-11-17-8-4-5-9-19(17)13-18/h3,6-7,10-13,16H,4-5,8-9,14H2,1-2H3,(H,23,28)/t16-/m0/s1. The van der Waals surface area contributed by atoms with Crippen molar-refractivity contribution in [2.75, 3.05) is 5.75 Å². The van der Waals surface area contributed by atoms with Gasteiger partial charge in [0.05, 0.1) is 17.5 Å². The van der Waals surface area contributed by atoms with Gasteiger partial charge in [-0.2, -0.15) is 4.68 Å². The molecule has 0 spiro atoms. The van der Waals surface area contributed by atoms with Crippen LogP contribution in [0.15, 0.2) is 47.6 Å². The van der Waals surface area contributed by atoms with Crippen molar-refractivity contribution in [3.05, 3.63) is 64.7 Å².